The van der Waals surface area contributed by atoms with Crippen molar-refractivity contribution in [3.63, 3.8) is 0 Å². The number of aromatic nitrogens is 8. The van der Waals surface area contributed by atoms with Crippen molar-refractivity contribution in [1.29, 1.82) is 0 Å². The van der Waals surface area contributed by atoms with E-state index in [0.717, 1.165) is 0 Å². The van der Waals surface area contributed by atoms with Crippen LogP contribution < -0.4 is 5.32 Å². The van der Waals surface area contributed by atoms with Gasteiger partial charge in [0.2, 0.25) is 5.95 Å². The summed E-state index contributed by atoms with van der Waals surface area (Å²) in [7, 11) is 3.47. The van der Waals surface area contributed by atoms with Crippen LogP contribution in [0.1, 0.15) is 12.1 Å². The molecule has 0 spiro atoms. The van der Waals surface area contributed by atoms with Crippen molar-refractivity contribution in [1.82, 2.24) is 44.6 Å². The Kier molecular flexibility index (Phi) is 4.63. The Labute approximate surface area is 182 Å². The summed E-state index contributed by atoms with van der Waals surface area (Å²) in [6.45, 7) is 0.457. The lowest BCUT2D eigenvalue weighted by atomic mass is 9.99. The largest absolute Gasteiger partial charge is 0.374 e. The molecule has 2 N–H and O–H groups in total. The molecule has 1 aliphatic heterocycles. The van der Waals surface area contributed by atoms with Crippen LogP contribution in [0.4, 0.5) is 11.8 Å². The topological polar surface area (TPSA) is 140 Å². The highest BCUT2D eigenvalue weighted by Gasteiger charge is 2.47. The highest BCUT2D eigenvalue weighted by molar-refractivity contribution is 5.87. The fourth-order valence-corrected chi connectivity index (χ4v) is 3.51. The zero-order valence-electron chi connectivity index (χ0n) is 17.4. The molecule has 12 heteroatoms. The third kappa shape index (κ3) is 3.46. The van der Waals surface area contributed by atoms with Crippen LogP contribution in [0.25, 0.3) is 17.2 Å². The van der Waals surface area contributed by atoms with Crippen LogP contribution in [0.2, 0.25) is 0 Å². The molecule has 0 aromatic carbocycles. The third-order valence-corrected chi connectivity index (χ3v) is 5.27. The van der Waals surface area contributed by atoms with Crippen LogP contribution in [-0.4, -0.2) is 69.2 Å². The molecular weight excluding hydrogens is 412 g/mol. The number of pyridine rings is 1. The summed E-state index contributed by atoms with van der Waals surface area (Å²) < 4.78 is 3.11. The molecule has 0 aliphatic carbocycles. The average molecular weight is 432 g/mol. The number of aryl methyl sites for hydroxylation is 1. The minimum Gasteiger partial charge on any atom is -0.374 e. The molecule has 1 amide bonds. The third-order valence-electron chi connectivity index (χ3n) is 5.27. The molecule has 5 heterocycles. The van der Waals surface area contributed by atoms with Crippen molar-refractivity contribution in [2.75, 3.05) is 18.9 Å². The lowest BCUT2D eigenvalue weighted by Crippen LogP contribution is -2.36. The number of rotatable bonds is 5. The first-order chi connectivity index (χ1) is 15.4. The number of aliphatic hydroxyl groups is 1. The van der Waals surface area contributed by atoms with Gasteiger partial charge in [0.05, 0.1) is 17.6 Å². The molecule has 1 saturated heterocycles. The quantitative estimate of drug-likeness (QED) is 0.465. The molecule has 0 bridgehead atoms. The van der Waals surface area contributed by atoms with Crippen LogP contribution in [0.15, 0.2) is 48.9 Å². The molecule has 0 radical (unpaired) electrons. The number of likely N-dealkylation sites (N-methyl/N-ethyl adjacent to an activating group) is 1. The SMILES string of the molecule is CN1CC[C@@](O)(c2cn(-c3cccc(-c4ccnc(Nc5ccn(C)n5)n4)n3)nn2)C1=O. The van der Waals surface area contributed by atoms with E-state index >= 15 is 0 Å². The van der Waals surface area contributed by atoms with E-state index in [-0.39, 0.29) is 18.0 Å². The molecule has 1 atom stereocenters. The summed E-state index contributed by atoms with van der Waals surface area (Å²) in [4.78, 5) is 27.2. The van der Waals surface area contributed by atoms with Gasteiger partial charge in [0, 0.05) is 45.5 Å². The molecule has 0 unspecified atom stereocenters. The number of anilines is 2. The molecule has 1 aliphatic rings. The molecule has 4 aromatic rings. The van der Waals surface area contributed by atoms with E-state index in [2.05, 4.69) is 35.7 Å². The summed E-state index contributed by atoms with van der Waals surface area (Å²) in [5.74, 6) is 1.11. The summed E-state index contributed by atoms with van der Waals surface area (Å²) in [5, 5.41) is 26.2. The molecule has 4 aromatic heterocycles. The first kappa shape index (κ1) is 19.8. The molecule has 32 heavy (non-hydrogen) atoms. The Morgan fingerprint density at radius 2 is 1.97 bits per heavy atom. The summed E-state index contributed by atoms with van der Waals surface area (Å²) in [6, 6.07) is 8.95. The normalized spacial score (nSPS) is 18.3. The zero-order valence-corrected chi connectivity index (χ0v) is 17.4. The van der Waals surface area contributed by atoms with Crippen molar-refractivity contribution < 1.29 is 9.90 Å². The van der Waals surface area contributed by atoms with E-state index in [1.54, 1.807) is 30.1 Å². The fraction of sp³-hybridized carbons (Fsp3) is 0.250. The van der Waals surface area contributed by atoms with Gasteiger partial charge in [-0.25, -0.2) is 19.6 Å². The van der Waals surface area contributed by atoms with Gasteiger partial charge in [-0.1, -0.05) is 11.3 Å². The number of hydrogen-bond acceptors (Lipinski definition) is 9. The summed E-state index contributed by atoms with van der Waals surface area (Å²) in [5.41, 5.74) is -0.264. The predicted octanol–water partition coefficient (Wildman–Crippen LogP) is 0.646. The van der Waals surface area contributed by atoms with Crippen LogP contribution >= 0.6 is 0 Å². The van der Waals surface area contributed by atoms with E-state index in [0.29, 0.717) is 35.5 Å². The van der Waals surface area contributed by atoms with Crippen molar-refractivity contribution in [2.45, 2.75) is 12.0 Å². The molecular formula is C20H20N10O2. The van der Waals surface area contributed by atoms with Gasteiger partial charge in [-0.05, 0) is 18.2 Å². The predicted molar refractivity (Wildman–Crippen MR) is 113 cm³/mol. The Hall–Kier alpha value is -4.19. The molecule has 1 fully saturated rings. The number of nitrogens with zero attached hydrogens (tertiary/aromatic N) is 9. The van der Waals surface area contributed by atoms with Crippen LogP contribution in [0.3, 0.4) is 0 Å². The van der Waals surface area contributed by atoms with Gasteiger partial charge in [-0.15, -0.1) is 5.10 Å². The van der Waals surface area contributed by atoms with Gasteiger partial charge in [-0.2, -0.15) is 5.10 Å². The number of nitrogens with one attached hydrogen (secondary N) is 1. The second-order valence-corrected chi connectivity index (χ2v) is 7.53. The second kappa shape index (κ2) is 7.50. The maximum Gasteiger partial charge on any atom is 0.260 e. The van der Waals surface area contributed by atoms with Gasteiger partial charge < -0.3 is 15.3 Å². The Morgan fingerprint density at radius 3 is 2.72 bits per heavy atom. The van der Waals surface area contributed by atoms with Crippen molar-refractivity contribution in [3.05, 3.63) is 54.6 Å². The van der Waals surface area contributed by atoms with Gasteiger partial charge in [-0.3, -0.25) is 9.48 Å². The number of hydrogen-bond donors (Lipinski definition) is 2. The fourth-order valence-electron chi connectivity index (χ4n) is 3.51. The summed E-state index contributed by atoms with van der Waals surface area (Å²) >= 11 is 0. The second-order valence-electron chi connectivity index (χ2n) is 7.53. The smallest absolute Gasteiger partial charge is 0.260 e. The summed E-state index contributed by atoms with van der Waals surface area (Å²) in [6.07, 6.45) is 5.24. The Balaban J connectivity index is 1.42. The van der Waals surface area contributed by atoms with E-state index in [1.807, 2.05) is 31.4 Å². The van der Waals surface area contributed by atoms with E-state index in [9.17, 15) is 9.90 Å². The number of carbonyl (C=O) groups is 1. The van der Waals surface area contributed by atoms with E-state index in [1.165, 1.54) is 15.8 Å². The zero-order chi connectivity index (χ0) is 22.3. The molecule has 0 saturated carbocycles. The first-order valence-corrected chi connectivity index (χ1v) is 9.91. The van der Waals surface area contributed by atoms with Gasteiger partial charge in [0.1, 0.15) is 5.69 Å². The number of amides is 1. The van der Waals surface area contributed by atoms with Crippen molar-refractivity contribution in [2.24, 2.45) is 7.05 Å². The Bertz CT molecular complexity index is 1300. The molecule has 5 rings (SSSR count). The van der Waals surface area contributed by atoms with Crippen LogP contribution in [0, 0.1) is 0 Å². The van der Waals surface area contributed by atoms with Gasteiger partial charge >= 0.3 is 0 Å². The highest BCUT2D eigenvalue weighted by atomic mass is 16.3. The first-order valence-electron chi connectivity index (χ1n) is 9.91. The molecule has 12 nitrogen and oxygen atoms in total. The van der Waals surface area contributed by atoms with Gasteiger partial charge in [0.15, 0.2) is 17.2 Å². The van der Waals surface area contributed by atoms with Crippen LogP contribution in [0.5, 0.6) is 0 Å². The maximum absolute atomic E-state index is 12.3. The Morgan fingerprint density at radius 1 is 1.12 bits per heavy atom. The van der Waals surface area contributed by atoms with Crippen molar-refractivity contribution in [3.8, 4) is 17.2 Å². The van der Waals surface area contributed by atoms with Gasteiger partial charge in [0.25, 0.3) is 5.91 Å². The standard InChI is InChI=1S/C20H20N10O2/c1-28-11-8-20(32,18(28)31)15-12-30(27-25-15)17-5-3-4-13(22-17)14-6-9-21-19(23-14)24-16-7-10-29(2)26-16/h3-7,9-10,12,32H,8,11H2,1-2H3,(H,21,23,24,26)/t20-/m1/s1. The minimum atomic E-state index is -1.66. The van der Waals surface area contributed by atoms with E-state index in [4.69, 9.17) is 0 Å². The number of likely N-dealkylation sites (tertiary alicyclic amines) is 1. The lowest BCUT2D eigenvalue weighted by Gasteiger charge is -2.17. The molecule has 162 valence electrons. The monoisotopic (exact) mass is 432 g/mol. The average Bonchev–Trinajstić information content (AvgIpc) is 3.52. The number of carbonyl (C=O) groups excluding carboxylic acids is 1. The highest BCUT2D eigenvalue weighted by Crippen LogP contribution is 2.31. The van der Waals surface area contributed by atoms with Crippen LogP contribution in [-0.2, 0) is 17.4 Å². The minimum absolute atomic E-state index is 0.197. The lowest BCUT2D eigenvalue weighted by molar-refractivity contribution is -0.143. The maximum atomic E-state index is 12.3. The van der Waals surface area contributed by atoms with E-state index < -0.39 is 5.60 Å². The van der Waals surface area contributed by atoms with Crippen molar-refractivity contribution >= 4 is 17.7 Å².